The number of piperazine rings is 1. The number of anilines is 1. The quantitative estimate of drug-likeness (QED) is 0.880. The number of likely N-dealkylation sites (N-methyl/N-ethyl adjacent to an activating group) is 1. The van der Waals surface area contributed by atoms with Gasteiger partial charge in [0, 0.05) is 44.5 Å². The summed E-state index contributed by atoms with van der Waals surface area (Å²) in [6, 6.07) is 8.74. The van der Waals surface area contributed by atoms with Crippen LogP contribution in [0.25, 0.3) is 0 Å². The zero-order valence-corrected chi connectivity index (χ0v) is 13.2. The lowest BCUT2D eigenvalue weighted by atomic mass is 10.2. The number of urea groups is 1. The standard InChI is InChI=1S/C16H23N5O/c1-13(12-21-9-7-20(2)8-10-21)18-16(22)19-15-5-3-14(11-17)4-6-15/h3-6,13H,7-10,12H2,1-2H3,(H2,18,19,22)/t13-/m1/s1. The molecule has 0 unspecified atom stereocenters. The SMILES string of the molecule is C[C@H](CN1CCN(C)CC1)NC(=O)Nc1ccc(C#N)cc1. The molecule has 1 saturated heterocycles. The molecule has 0 aromatic heterocycles. The van der Waals surface area contributed by atoms with Gasteiger partial charge >= 0.3 is 6.03 Å². The Balaban J connectivity index is 1.74. The van der Waals surface area contributed by atoms with Gasteiger partial charge in [-0.15, -0.1) is 0 Å². The van der Waals surface area contributed by atoms with E-state index >= 15 is 0 Å². The Morgan fingerprint density at radius 3 is 2.50 bits per heavy atom. The maximum atomic E-state index is 12.0. The monoisotopic (exact) mass is 301 g/mol. The van der Waals surface area contributed by atoms with E-state index in [0.717, 1.165) is 32.7 Å². The van der Waals surface area contributed by atoms with Crippen molar-refractivity contribution in [1.82, 2.24) is 15.1 Å². The van der Waals surface area contributed by atoms with E-state index in [1.807, 2.05) is 6.92 Å². The van der Waals surface area contributed by atoms with Gasteiger partial charge in [-0.3, -0.25) is 4.90 Å². The van der Waals surface area contributed by atoms with Gasteiger partial charge < -0.3 is 15.5 Å². The molecule has 1 aliphatic heterocycles. The highest BCUT2D eigenvalue weighted by Crippen LogP contribution is 2.08. The first-order valence-corrected chi connectivity index (χ1v) is 7.55. The average Bonchev–Trinajstić information content (AvgIpc) is 2.50. The Hall–Kier alpha value is -2.10. The second-order valence-corrected chi connectivity index (χ2v) is 5.79. The van der Waals surface area contributed by atoms with Crippen LogP contribution in [-0.2, 0) is 0 Å². The third kappa shape index (κ3) is 5.02. The number of nitrogens with one attached hydrogen (secondary N) is 2. The summed E-state index contributed by atoms with van der Waals surface area (Å²) >= 11 is 0. The Morgan fingerprint density at radius 2 is 1.91 bits per heavy atom. The molecule has 0 spiro atoms. The van der Waals surface area contributed by atoms with E-state index < -0.39 is 0 Å². The van der Waals surface area contributed by atoms with Crippen molar-refractivity contribution in [3.63, 3.8) is 0 Å². The fraction of sp³-hybridized carbons (Fsp3) is 0.500. The number of hydrogen-bond donors (Lipinski definition) is 2. The van der Waals surface area contributed by atoms with Gasteiger partial charge in [0.05, 0.1) is 11.6 Å². The fourth-order valence-corrected chi connectivity index (χ4v) is 2.48. The Kier molecular flexibility index (Phi) is 5.75. The number of benzene rings is 1. The number of carbonyl (C=O) groups is 1. The van der Waals surface area contributed by atoms with Crippen LogP contribution >= 0.6 is 0 Å². The van der Waals surface area contributed by atoms with Crippen LogP contribution in [0.4, 0.5) is 10.5 Å². The number of carbonyl (C=O) groups excluding carboxylic acids is 1. The maximum Gasteiger partial charge on any atom is 0.319 e. The minimum atomic E-state index is -0.216. The molecule has 0 saturated carbocycles. The highest BCUT2D eigenvalue weighted by molar-refractivity contribution is 5.89. The third-order valence-electron chi connectivity index (χ3n) is 3.78. The molecule has 1 aliphatic rings. The zero-order valence-electron chi connectivity index (χ0n) is 13.2. The Labute approximate surface area is 131 Å². The van der Waals surface area contributed by atoms with Crippen LogP contribution in [0.3, 0.4) is 0 Å². The van der Waals surface area contributed by atoms with E-state index in [0.29, 0.717) is 11.3 Å². The van der Waals surface area contributed by atoms with Gasteiger partial charge in [-0.25, -0.2) is 4.79 Å². The van der Waals surface area contributed by atoms with Gasteiger partial charge in [0.2, 0.25) is 0 Å². The molecule has 0 radical (unpaired) electrons. The number of rotatable bonds is 4. The summed E-state index contributed by atoms with van der Waals surface area (Å²) < 4.78 is 0. The minimum absolute atomic E-state index is 0.0850. The third-order valence-corrected chi connectivity index (χ3v) is 3.78. The van der Waals surface area contributed by atoms with E-state index in [2.05, 4.69) is 33.6 Å². The van der Waals surface area contributed by atoms with Crippen molar-refractivity contribution in [2.45, 2.75) is 13.0 Å². The van der Waals surface area contributed by atoms with Gasteiger partial charge in [-0.1, -0.05) is 0 Å². The summed E-state index contributed by atoms with van der Waals surface area (Å²) in [5.41, 5.74) is 1.26. The van der Waals surface area contributed by atoms with E-state index in [9.17, 15) is 4.79 Å². The van der Waals surface area contributed by atoms with Crippen molar-refractivity contribution in [3.8, 4) is 6.07 Å². The molecule has 2 rings (SSSR count). The molecular formula is C16H23N5O. The van der Waals surface area contributed by atoms with Crippen LogP contribution in [0.2, 0.25) is 0 Å². The van der Waals surface area contributed by atoms with Crippen molar-refractivity contribution >= 4 is 11.7 Å². The molecule has 0 bridgehead atoms. The summed E-state index contributed by atoms with van der Waals surface area (Å²) in [6.07, 6.45) is 0. The molecule has 2 amide bonds. The van der Waals surface area contributed by atoms with Gasteiger partial charge in [-0.2, -0.15) is 5.26 Å². The van der Waals surface area contributed by atoms with E-state index in [1.165, 1.54) is 0 Å². The molecule has 1 atom stereocenters. The second kappa shape index (κ2) is 7.78. The summed E-state index contributed by atoms with van der Waals surface area (Å²) in [6.45, 7) is 7.10. The number of nitriles is 1. The fourth-order valence-electron chi connectivity index (χ4n) is 2.48. The molecule has 1 heterocycles. The summed E-state index contributed by atoms with van der Waals surface area (Å²) in [5, 5.41) is 14.5. The number of amides is 2. The van der Waals surface area contributed by atoms with Crippen LogP contribution in [0.1, 0.15) is 12.5 Å². The van der Waals surface area contributed by atoms with Crippen LogP contribution in [0, 0.1) is 11.3 Å². The molecule has 22 heavy (non-hydrogen) atoms. The molecule has 1 aromatic carbocycles. The molecule has 6 heteroatoms. The first-order chi connectivity index (χ1) is 10.6. The largest absolute Gasteiger partial charge is 0.334 e. The zero-order chi connectivity index (χ0) is 15.9. The van der Waals surface area contributed by atoms with E-state index in [4.69, 9.17) is 5.26 Å². The first kappa shape index (κ1) is 16.3. The summed E-state index contributed by atoms with van der Waals surface area (Å²) in [7, 11) is 2.13. The van der Waals surface area contributed by atoms with Crippen molar-refractivity contribution < 1.29 is 4.79 Å². The predicted octanol–water partition coefficient (Wildman–Crippen LogP) is 1.32. The molecule has 1 aromatic rings. The lowest BCUT2D eigenvalue weighted by Gasteiger charge is -2.34. The normalized spacial score (nSPS) is 17.5. The van der Waals surface area contributed by atoms with Gasteiger partial charge in [0.25, 0.3) is 0 Å². The number of hydrogen-bond acceptors (Lipinski definition) is 4. The van der Waals surface area contributed by atoms with Crippen LogP contribution < -0.4 is 10.6 Å². The maximum absolute atomic E-state index is 12.0. The van der Waals surface area contributed by atoms with Gasteiger partial charge in [0.1, 0.15) is 0 Å². The molecule has 1 fully saturated rings. The van der Waals surface area contributed by atoms with E-state index in [1.54, 1.807) is 24.3 Å². The minimum Gasteiger partial charge on any atom is -0.334 e. The molecular weight excluding hydrogens is 278 g/mol. The van der Waals surface area contributed by atoms with Crippen LogP contribution in [0.5, 0.6) is 0 Å². The van der Waals surface area contributed by atoms with Gasteiger partial charge in [0.15, 0.2) is 0 Å². The van der Waals surface area contributed by atoms with E-state index in [-0.39, 0.29) is 12.1 Å². The van der Waals surface area contributed by atoms with Crippen molar-refractivity contribution in [1.29, 1.82) is 5.26 Å². The van der Waals surface area contributed by atoms with Crippen molar-refractivity contribution in [2.75, 3.05) is 45.1 Å². The van der Waals surface area contributed by atoms with Crippen LogP contribution in [0.15, 0.2) is 24.3 Å². The Bertz CT molecular complexity index is 528. The average molecular weight is 301 g/mol. The van der Waals surface area contributed by atoms with Crippen molar-refractivity contribution in [3.05, 3.63) is 29.8 Å². The Morgan fingerprint density at radius 1 is 1.27 bits per heavy atom. The van der Waals surface area contributed by atoms with Crippen LogP contribution in [-0.4, -0.2) is 61.6 Å². The molecule has 118 valence electrons. The summed E-state index contributed by atoms with van der Waals surface area (Å²) in [4.78, 5) is 16.6. The van der Waals surface area contributed by atoms with Gasteiger partial charge in [-0.05, 0) is 38.2 Å². The predicted molar refractivity (Wildman–Crippen MR) is 86.7 cm³/mol. The highest BCUT2D eigenvalue weighted by Gasteiger charge is 2.17. The molecule has 6 nitrogen and oxygen atoms in total. The number of nitrogens with zero attached hydrogens (tertiary/aromatic N) is 3. The highest BCUT2D eigenvalue weighted by atomic mass is 16.2. The first-order valence-electron chi connectivity index (χ1n) is 7.55. The van der Waals surface area contributed by atoms with Crippen molar-refractivity contribution in [2.24, 2.45) is 0 Å². The topological polar surface area (TPSA) is 71.4 Å². The lowest BCUT2D eigenvalue weighted by Crippen LogP contribution is -2.50. The summed E-state index contributed by atoms with van der Waals surface area (Å²) in [5.74, 6) is 0. The smallest absolute Gasteiger partial charge is 0.319 e. The lowest BCUT2D eigenvalue weighted by molar-refractivity contribution is 0.145. The molecule has 0 aliphatic carbocycles. The second-order valence-electron chi connectivity index (χ2n) is 5.79. The molecule has 2 N–H and O–H groups in total.